The van der Waals surface area contributed by atoms with Crippen LogP contribution in [-0.2, 0) is 9.59 Å². The predicted molar refractivity (Wildman–Crippen MR) is 83.8 cm³/mol. The molecular weight excluding hydrogens is 264 g/mol. The Kier molecular flexibility index (Phi) is 6.07. The average molecular weight is 294 g/mol. The van der Waals surface area contributed by atoms with Gasteiger partial charge in [-0.1, -0.05) is 39.5 Å². The van der Waals surface area contributed by atoms with Crippen LogP contribution in [0.5, 0.6) is 0 Å². The number of rotatable bonds is 3. The highest BCUT2D eigenvalue weighted by atomic mass is 16.2. The normalized spacial score (nSPS) is 24.7. The van der Waals surface area contributed by atoms with Gasteiger partial charge in [0.1, 0.15) is 0 Å². The van der Waals surface area contributed by atoms with Crippen molar-refractivity contribution in [3.63, 3.8) is 0 Å². The van der Waals surface area contributed by atoms with Crippen molar-refractivity contribution in [2.24, 2.45) is 11.8 Å². The van der Waals surface area contributed by atoms with Crippen LogP contribution in [0.4, 0.5) is 0 Å². The van der Waals surface area contributed by atoms with Gasteiger partial charge in [0.25, 0.3) is 0 Å². The molecule has 120 valence electrons. The Morgan fingerprint density at radius 1 is 1.00 bits per heavy atom. The number of amides is 2. The summed E-state index contributed by atoms with van der Waals surface area (Å²) in [5.74, 6) is 0.364. The summed E-state index contributed by atoms with van der Waals surface area (Å²) in [5, 5.41) is 3.24. The molecule has 1 aliphatic carbocycles. The zero-order valence-corrected chi connectivity index (χ0v) is 13.6. The van der Waals surface area contributed by atoms with Crippen molar-refractivity contribution in [1.82, 2.24) is 10.2 Å². The van der Waals surface area contributed by atoms with Crippen LogP contribution in [0.15, 0.2) is 0 Å². The van der Waals surface area contributed by atoms with E-state index < -0.39 is 0 Å². The van der Waals surface area contributed by atoms with Crippen molar-refractivity contribution in [2.75, 3.05) is 13.1 Å². The van der Waals surface area contributed by atoms with Gasteiger partial charge in [0, 0.05) is 25.0 Å². The Morgan fingerprint density at radius 2 is 1.67 bits per heavy atom. The van der Waals surface area contributed by atoms with Crippen LogP contribution in [0.2, 0.25) is 0 Å². The van der Waals surface area contributed by atoms with Gasteiger partial charge in [-0.05, 0) is 25.7 Å². The number of nitrogens with one attached hydrogen (secondary N) is 1. The molecule has 2 fully saturated rings. The molecule has 0 aromatic carbocycles. The van der Waals surface area contributed by atoms with Crippen LogP contribution in [0.1, 0.15) is 65.2 Å². The summed E-state index contributed by atoms with van der Waals surface area (Å²) in [7, 11) is 0. The van der Waals surface area contributed by atoms with Crippen molar-refractivity contribution in [1.29, 1.82) is 0 Å². The lowest BCUT2D eigenvalue weighted by Gasteiger charge is -2.34. The Labute approximate surface area is 128 Å². The molecule has 1 heterocycles. The molecule has 0 spiro atoms. The van der Waals surface area contributed by atoms with Gasteiger partial charge in [0.2, 0.25) is 11.8 Å². The zero-order valence-electron chi connectivity index (χ0n) is 13.6. The number of hydrogen-bond donors (Lipinski definition) is 1. The van der Waals surface area contributed by atoms with E-state index in [4.69, 9.17) is 0 Å². The largest absolute Gasteiger partial charge is 0.353 e. The van der Waals surface area contributed by atoms with Gasteiger partial charge in [-0.3, -0.25) is 9.59 Å². The molecule has 1 unspecified atom stereocenters. The minimum absolute atomic E-state index is 0.00953. The van der Waals surface area contributed by atoms with Crippen molar-refractivity contribution < 1.29 is 9.59 Å². The molecule has 4 heteroatoms. The van der Waals surface area contributed by atoms with E-state index in [2.05, 4.69) is 5.32 Å². The average Bonchev–Trinajstić information content (AvgIpc) is 2.75. The zero-order chi connectivity index (χ0) is 15.2. The third kappa shape index (κ3) is 4.72. The topological polar surface area (TPSA) is 49.4 Å². The second-order valence-electron chi connectivity index (χ2n) is 6.98. The van der Waals surface area contributed by atoms with Crippen LogP contribution in [0.25, 0.3) is 0 Å². The predicted octanol–water partition coefficient (Wildman–Crippen LogP) is 2.72. The van der Waals surface area contributed by atoms with Crippen molar-refractivity contribution in [3.05, 3.63) is 0 Å². The molecule has 0 aromatic heterocycles. The van der Waals surface area contributed by atoms with Crippen LogP contribution >= 0.6 is 0 Å². The van der Waals surface area contributed by atoms with Gasteiger partial charge >= 0.3 is 0 Å². The molecule has 1 saturated carbocycles. The smallest absolute Gasteiger partial charge is 0.225 e. The van der Waals surface area contributed by atoms with E-state index in [0.717, 1.165) is 32.2 Å². The van der Waals surface area contributed by atoms with Gasteiger partial charge < -0.3 is 10.2 Å². The molecule has 0 radical (unpaired) electrons. The van der Waals surface area contributed by atoms with Gasteiger partial charge in [-0.15, -0.1) is 0 Å². The Bertz CT molecular complexity index is 360. The second kappa shape index (κ2) is 7.81. The molecule has 1 aliphatic heterocycles. The Morgan fingerprint density at radius 3 is 2.29 bits per heavy atom. The number of nitrogens with zero attached hydrogens (tertiary/aromatic N) is 1. The van der Waals surface area contributed by atoms with Gasteiger partial charge in [-0.25, -0.2) is 0 Å². The van der Waals surface area contributed by atoms with Crippen LogP contribution in [0.3, 0.4) is 0 Å². The fourth-order valence-corrected chi connectivity index (χ4v) is 3.50. The molecule has 0 bridgehead atoms. The number of piperidine rings is 1. The quantitative estimate of drug-likeness (QED) is 0.814. The highest BCUT2D eigenvalue weighted by Gasteiger charge is 2.30. The number of carbonyl (C=O) groups excluding carboxylic acids is 2. The molecule has 2 aliphatic rings. The van der Waals surface area contributed by atoms with Crippen molar-refractivity contribution in [3.8, 4) is 0 Å². The van der Waals surface area contributed by atoms with Gasteiger partial charge in [0.15, 0.2) is 0 Å². The third-order valence-corrected chi connectivity index (χ3v) is 4.80. The van der Waals surface area contributed by atoms with E-state index in [-0.39, 0.29) is 23.7 Å². The van der Waals surface area contributed by atoms with E-state index in [9.17, 15) is 9.59 Å². The monoisotopic (exact) mass is 294 g/mol. The molecule has 4 nitrogen and oxygen atoms in total. The van der Waals surface area contributed by atoms with Crippen LogP contribution in [-0.4, -0.2) is 35.8 Å². The molecule has 21 heavy (non-hydrogen) atoms. The molecular formula is C17H30N2O2. The molecule has 1 saturated heterocycles. The standard InChI is InChI=1S/C17H30N2O2/c1-13(2)17(21)19-11-7-8-14(12-19)16(20)18-15-9-5-3-4-6-10-15/h13-15H,3-12H2,1-2H3,(H,18,20). The number of carbonyl (C=O) groups is 2. The summed E-state index contributed by atoms with van der Waals surface area (Å²) in [4.78, 5) is 26.4. The van der Waals surface area contributed by atoms with Crippen molar-refractivity contribution >= 4 is 11.8 Å². The first kappa shape index (κ1) is 16.3. The molecule has 1 atom stereocenters. The molecule has 1 N–H and O–H groups in total. The van der Waals surface area contributed by atoms with E-state index in [1.807, 2.05) is 18.7 Å². The highest BCUT2D eigenvalue weighted by molar-refractivity contribution is 5.82. The fraction of sp³-hybridized carbons (Fsp3) is 0.882. The van der Waals surface area contributed by atoms with E-state index in [1.54, 1.807) is 0 Å². The highest BCUT2D eigenvalue weighted by Crippen LogP contribution is 2.21. The van der Waals surface area contributed by atoms with E-state index >= 15 is 0 Å². The first-order chi connectivity index (χ1) is 10.1. The minimum atomic E-state index is -0.00953. The lowest BCUT2D eigenvalue weighted by atomic mass is 9.95. The summed E-state index contributed by atoms with van der Waals surface area (Å²) in [6, 6.07) is 0.358. The minimum Gasteiger partial charge on any atom is -0.353 e. The summed E-state index contributed by atoms with van der Waals surface area (Å²) in [6.45, 7) is 5.27. The second-order valence-corrected chi connectivity index (χ2v) is 6.98. The maximum atomic E-state index is 12.5. The fourth-order valence-electron chi connectivity index (χ4n) is 3.50. The lowest BCUT2D eigenvalue weighted by molar-refractivity contribution is -0.138. The van der Waals surface area contributed by atoms with Gasteiger partial charge in [0.05, 0.1) is 5.92 Å². The maximum absolute atomic E-state index is 12.5. The van der Waals surface area contributed by atoms with Crippen LogP contribution in [0, 0.1) is 11.8 Å². The Balaban J connectivity index is 1.85. The summed E-state index contributed by atoms with van der Waals surface area (Å²) in [5.41, 5.74) is 0. The summed E-state index contributed by atoms with van der Waals surface area (Å²) < 4.78 is 0. The van der Waals surface area contributed by atoms with Crippen LogP contribution < -0.4 is 5.32 Å². The molecule has 2 amide bonds. The summed E-state index contributed by atoms with van der Waals surface area (Å²) in [6.07, 6.45) is 9.15. The first-order valence-corrected chi connectivity index (χ1v) is 8.67. The lowest BCUT2D eigenvalue weighted by Crippen LogP contribution is -2.48. The van der Waals surface area contributed by atoms with E-state index in [0.29, 0.717) is 12.6 Å². The Hall–Kier alpha value is -1.06. The SMILES string of the molecule is CC(C)C(=O)N1CCCC(C(=O)NC2CCCCCC2)C1. The van der Waals surface area contributed by atoms with E-state index in [1.165, 1.54) is 25.7 Å². The maximum Gasteiger partial charge on any atom is 0.225 e. The number of likely N-dealkylation sites (tertiary alicyclic amines) is 1. The summed E-state index contributed by atoms with van der Waals surface area (Å²) >= 11 is 0. The molecule has 2 rings (SSSR count). The van der Waals surface area contributed by atoms with Crippen molar-refractivity contribution in [2.45, 2.75) is 71.3 Å². The third-order valence-electron chi connectivity index (χ3n) is 4.80. The number of hydrogen-bond acceptors (Lipinski definition) is 2. The molecule has 0 aromatic rings. The first-order valence-electron chi connectivity index (χ1n) is 8.67. The van der Waals surface area contributed by atoms with Gasteiger partial charge in [-0.2, -0.15) is 0 Å².